The van der Waals surface area contributed by atoms with Gasteiger partial charge in [0.1, 0.15) is 5.60 Å². The van der Waals surface area contributed by atoms with Gasteiger partial charge in [-0.3, -0.25) is 4.79 Å². The molecule has 5 fully saturated rings. The van der Waals surface area contributed by atoms with Gasteiger partial charge in [-0.25, -0.2) is 9.78 Å². The third-order valence-corrected chi connectivity index (χ3v) is 8.13. The van der Waals surface area contributed by atoms with Crippen molar-refractivity contribution in [3.05, 3.63) is 35.4 Å². The Kier molecular flexibility index (Phi) is 5.42. The molecule has 5 aliphatic rings. The number of amides is 1. The summed E-state index contributed by atoms with van der Waals surface area (Å²) >= 11 is 0. The number of rotatable bonds is 4. The van der Waals surface area contributed by atoms with Crippen LogP contribution in [0.1, 0.15) is 87.7 Å². The van der Waals surface area contributed by atoms with Crippen LogP contribution < -0.4 is 5.73 Å². The molecule has 2 saturated heterocycles. The molecule has 1 aromatic rings. The summed E-state index contributed by atoms with van der Waals surface area (Å²) in [4.78, 5) is 23.5. The summed E-state index contributed by atoms with van der Waals surface area (Å²) in [6.07, 6.45) is 13.9. The summed E-state index contributed by atoms with van der Waals surface area (Å²) in [6.45, 7) is 0. The van der Waals surface area contributed by atoms with Crippen LogP contribution in [0.5, 0.6) is 0 Å². The molecule has 6 rings (SSSR count). The van der Waals surface area contributed by atoms with Gasteiger partial charge in [0, 0.05) is 6.42 Å². The van der Waals surface area contributed by atoms with Crippen LogP contribution in [0.4, 0.5) is 0 Å². The van der Waals surface area contributed by atoms with Gasteiger partial charge in [-0.15, -0.1) is 0 Å². The second-order valence-electron chi connectivity index (χ2n) is 10.5. The average molecular weight is 398 g/mol. The van der Waals surface area contributed by atoms with E-state index in [1.807, 2.05) is 0 Å². The minimum atomic E-state index is -0.233. The van der Waals surface area contributed by atoms with Crippen molar-refractivity contribution in [3.8, 4) is 0 Å². The molecule has 158 valence electrons. The zero-order valence-corrected chi connectivity index (χ0v) is 17.5. The van der Waals surface area contributed by atoms with Gasteiger partial charge in [-0.2, -0.15) is 0 Å². The molecule has 2 unspecified atom stereocenters. The lowest BCUT2D eigenvalue weighted by Gasteiger charge is -2.43. The third-order valence-electron chi connectivity index (χ3n) is 8.13. The molecule has 29 heavy (non-hydrogen) atoms. The van der Waals surface area contributed by atoms with E-state index in [9.17, 15) is 4.79 Å². The Bertz CT molecular complexity index is 718. The maximum Gasteiger partial charge on any atom is 0.217 e. The van der Waals surface area contributed by atoms with Gasteiger partial charge < -0.3 is 5.73 Å². The number of primary amides is 1. The standard InChI is InChI=1S/C25H35NO3/c26-24(27)8-5-17-3-6-21(7-4-17)22-2-1-9-25(16-22)15-20-11-18-10-19(12-20)14-23(13-18)28-29-25/h3-4,6-7,18-20,22-23H,1-2,5,8-16H2,(H2,26,27)/t18?,19?,20?,22-,23?,25+/m1/s1. The maximum atomic E-state index is 11.0. The number of carbonyl (C=O) groups excluding carboxylic acids is 1. The lowest BCUT2D eigenvalue weighted by molar-refractivity contribution is -0.394. The van der Waals surface area contributed by atoms with Gasteiger partial charge >= 0.3 is 0 Å². The topological polar surface area (TPSA) is 61.6 Å². The molecule has 2 N–H and O–H groups in total. The van der Waals surface area contributed by atoms with Crippen molar-refractivity contribution in [2.75, 3.05) is 0 Å². The number of hydrogen-bond acceptors (Lipinski definition) is 3. The van der Waals surface area contributed by atoms with Crippen LogP contribution in [0.3, 0.4) is 0 Å². The molecule has 3 aliphatic carbocycles. The first-order chi connectivity index (χ1) is 14.1. The van der Waals surface area contributed by atoms with Gasteiger partial charge in [0.15, 0.2) is 0 Å². The van der Waals surface area contributed by atoms with Gasteiger partial charge in [0.05, 0.1) is 6.10 Å². The summed E-state index contributed by atoms with van der Waals surface area (Å²) in [5.41, 5.74) is 7.78. The smallest absolute Gasteiger partial charge is 0.217 e. The quantitative estimate of drug-likeness (QED) is 0.723. The molecular formula is C25H35NO3. The van der Waals surface area contributed by atoms with Crippen molar-refractivity contribution < 1.29 is 14.6 Å². The van der Waals surface area contributed by atoms with Crippen LogP contribution in [-0.2, 0) is 21.0 Å². The van der Waals surface area contributed by atoms with Crippen molar-refractivity contribution in [1.29, 1.82) is 0 Å². The molecule has 3 saturated carbocycles. The molecular weight excluding hydrogens is 362 g/mol. The SMILES string of the molecule is NC(=O)CCc1ccc([C@@H]2CCC[C@]3(CC4CC5CC(C4)CC(C5)OO3)C2)cc1. The Morgan fingerprint density at radius 1 is 1.00 bits per heavy atom. The number of hydrogen-bond donors (Lipinski definition) is 1. The van der Waals surface area contributed by atoms with Gasteiger partial charge in [0.2, 0.25) is 5.91 Å². The van der Waals surface area contributed by atoms with E-state index in [0.717, 1.165) is 37.0 Å². The van der Waals surface area contributed by atoms with Gasteiger partial charge in [-0.1, -0.05) is 24.3 Å². The zero-order chi connectivity index (χ0) is 19.8. The van der Waals surface area contributed by atoms with Crippen LogP contribution >= 0.6 is 0 Å². The predicted octanol–water partition coefficient (Wildman–Crippen LogP) is 5.05. The fourth-order valence-corrected chi connectivity index (χ4v) is 7.00. The van der Waals surface area contributed by atoms with E-state index in [2.05, 4.69) is 24.3 Å². The molecule has 0 aromatic heterocycles. The normalized spacial score (nSPS) is 39.1. The first-order valence-corrected chi connectivity index (χ1v) is 11.8. The van der Waals surface area contributed by atoms with E-state index in [-0.39, 0.29) is 11.5 Å². The van der Waals surface area contributed by atoms with E-state index in [1.54, 1.807) is 0 Å². The van der Waals surface area contributed by atoms with Crippen molar-refractivity contribution in [2.45, 2.75) is 94.7 Å². The van der Waals surface area contributed by atoms with Crippen molar-refractivity contribution in [2.24, 2.45) is 23.5 Å². The summed E-state index contributed by atoms with van der Waals surface area (Å²) in [7, 11) is 0. The fraction of sp³-hybridized carbons (Fsp3) is 0.720. The number of nitrogens with two attached hydrogens (primary N) is 1. The molecule has 1 spiro atoms. The molecule has 1 amide bonds. The maximum absolute atomic E-state index is 11.0. The molecule has 4 bridgehead atoms. The minimum Gasteiger partial charge on any atom is -0.370 e. The van der Waals surface area contributed by atoms with Crippen LogP contribution in [-0.4, -0.2) is 17.6 Å². The highest BCUT2D eigenvalue weighted by molar-refractivity contribution is 5.74. The van der Waals surface area contributed by atoms with E-state index >= 15 is 0 Å². The van der Waals surface area contributed by atoms with Gasteiger partial charge in [0.25, 0.3) is 0 Å². The average Bonchev–Trinajstić information content (AvgIpc) is 2.78. The molecule has 4 nitrogen and oxygen atoms in total. The second-order valence-corrected chi connectivity index (χ2v) is 10.5. The molecule has 2 aliphatic heterocycles. The lowest BCUT2D eigenvalue weighted by Crippen LogP contribution is -2.40. The van der Waals surface area contributed by atoms with E-state index in [1.165, 1.54) is 62.5 Å². The fourth-order valence-electron chi connectivity index (χ4n) is 7.00. The van der Waals surface area contributed by atoms with E-state index < -0.39 is 0 Å². The number of carbonyl (C=O) groups is 1. The molecule has 2 heterocycles. The highest BCUT2D eigenvalue weighted by Gasteiger charge is 2.47. The largest absolute Gasteiger partial charge is 0.370 e. The minimum absolute atomic E-state index is 0.0996. The molecule has 1 aromatic carbocycles. The Labute approximate surface area is 174 Å². The van der Waals surface area contributed by atoms with Crippen LogP contribution in [0.15, 0.2) is 24.3 Å². The van der Waals surface area contributed by atoms with Crippen LogP contribution in [0.25, 0.3) is 0 Å². The summed E-state index contributed by atoms with van der Waals surface area (Å²) in [5.74, 6) is 2.85. The number of aryl methyl sites for hydroxylation is 1. The highest BCUT2D eigenvalue weighted by atomic mass is 17.2. The van der Waals surface area contributed by atoms with Crippen molar-refractivity contribution >= 4 is 5.91 Å². The first kappa shape index (κ1) is 19.6. The monoisotopic (exact) mass is 397 g/mol. The lowest BCUT2D eigenvalue weighted by atomic mass is 9.63. The predicted molar refractivity (Wildman–Crippen MR) is 112 cm³/mol. The Hall–Kier alpha value is -1.39. The Morgan fingerprint density at radius 2 is 1.72 bits per heavy atom. The van der Waals surface area contributed by atoms with Crippen molar-refractivity contribution in [3.63, 3.8) is 0 Å². The third kappa shape index (κ3) is 4.39. The molecule has 0 radical (unpaired) electrons. The van der Waals surface area contributed by atoms with Crippen molar-refractivity contribution in [1.82, 2.24) is 0 Å². The van der Waals surface area contributed by atoms with Crippen LogP contribution in [0.2, 0.25) is 0 Å². The van der Waals surface area contributed by atoms with Gasteiger partial charge in [-0.05, 0) is 105 Å². The second kappa shape index (κ2) is 8.03. The van der Waals surface area contributed by atoms with E-state index in [0.29, 0.717) is 18.4 Å². The molecule has 4 heteroatoms. The number of benzene rings is 1. The number of fused-ring (bicyclic) bond motifs is 1. The zero-order valence-electron chi connectivity index (χ0n) is 17.5. The van der Waals surface area contributed by atoms with E-state index in [4.69, 9.17) is 15.5 Å². The van der Waals surface area contributed by atoms with Crippen LogP contribution in [0, 0.1) is 17.8 Å². The summed E-state index contributed by atoms with van der Waals surface area (Å²) in [5, 5.41) is 0. The highest BCUT2D eigenvalue weighted by Crippen LogP contribution is 2.52. The molecule has 4 atom stereocenters. The first-order valence-electron chi connectivity index (χ1n) is 11.8. The summed E-state index contributed by atoms with van der Waals surface area (Å²) in [6, 6.07) is 8.84. The Balaban J connectivity index is 1.30. The Morgan fingerprint density at radius 3 is 2.45 bits per heavy atom. The summed E-state index contributed by atoms with van der Waals surface area (Å²) < 4.78 is 0.